The van der Waals surface area contributed by atoms with E-state index in [2.05, 4.69) is 0 Å². The van der Waals surface area contributed by atoms with E-state index in [1.165, 1.54) is 6.07 Å². The highest BCUT2D eigenvalue weighted by atomic mass is 31.2. The first-order valence-corrected chi connectivity index (χ1v) is 9.36. The molecule has 1 saturated heterocycles. The zero-order chi connectivity index (χ0) is 16.2. The first kappa shape index (κ1) is 17.3. The van der Waals surface area contributed by atoms with E-state index in [-0.39, 0.29) is 23.8 Å². The number of hydrogen-bond acceptors (Lipinski definition) is 6. The fourth-order valence-corrected chi connectivity index (χ4v) is 4.70. The Kier molecular flexibility index (Phi) is 5.87. The summed E-state index contributed by atoms with van der Waals surface area (Å²) in [5.41, 5.74) is 0.731. The molecule has 2 rings (SSSR count). The van der Waals surface area contributed by atoms with Crippen LogP contribution in [-0.2, 0) is 13.6 Å². The van der Waals surface area contributed by atoms with E-state index in [1.807, 2.05) is 4.90 Å². The molecule has 0 bridgehead atoms. The van der Waals surface area contributed by atoms with Crippen LogP contribution in [0.25, 0.3) is 0 Å². The minimum Gasteiger partial charge on any atom is -0.508 e. The summed E-state index contributed by atoms with van der Waals surface area (Å²) in [7, 11) is -3.16. The largest absolute Gasteiger partial charge is 0.508 e. The molecule has 6 nitrogen and oxygen atoms in total. The molecule has 1 heterocycles. The number of phenolic OH excluding ortho intramolecular Hbond substituents is 2. The van der Waals surface area contributed by atoms with E-state index in [9.17, 15) is 14.8 Å². The average molecular weight is 329 g/mol. The third-order valence-corrected chi connectivity index (χ3v) is 5.76. The van der Waals surface area contributed by atoms with Crippen LogP contribution in [0.15, 0.2) is 18.2 Å². The highest BCUT2D eigenvalue weighted by Crippen LogP contribution is 2.51. The molecular formula is C15H24NO5P. The molecule has 7 heteroatoms. The molecule has 124 valence electrons. The van der Waals surface area contributed by atoms with Gasteiger partial charge in [0, 0.05) is 17.7 Å². The number of benzene rings is 1. The van der Waals surface area contributed by atoms with Gasteiger partial charge in [0.1, 0.15) is 17.8 Å². The second kappa shape index (κ2) is 7.47. The van der Waals surface area contributed by atoms with Crippen molar-refractivity contribution in [3.8, 4) is 11.5 Å². The van der Waals surface area contributed by atoms with Crippen molar-refractivity contribution < 1.29 is 23.8 Å². The van der Waals surface area contributed by atoms with E-state index < -0.39 is 7.60 Å². The van der Waals surface area contributed by atoms with Crippen molar-refractivity contribution in [3.05, 3.63) is 23.8 Å². The second-order valence-electron chi connectivity index (χ2n) is 5.30. The first-order chi connectivity index (χ1) is 10.5. The molecule has 0 amide bonds. The lowest BCUT2D eigenvalue weighted by atomic mass is 10.0. The predicted octanol–water partition coefficient (Wildman–Crippen LogP) is 3.46. The van der Waals surface area contributed by atoms with Crippen LogP contribution in [0.1, 0.15) is 38.3 Å². The summed E-state index contributed by atoms with van der Waals surface area (Å²) < 4.78 is 23.4. The Morgan fingerprint density at radius 2 is 1.95 bits per heavy atom. The van der Waals surface area contributed by atoms with Crippen LogP contribution in [0.4, 0.5) is 0 Å². The predicted molar refractivity (Wildman–Crippen MR) is 84.2 cm³/mol. The van der Waals surface area contributed by atoms with Crippen molar-refractivity contribution >= 4 is 7.60 Å². The van der Waals surface area contributed by atoms with Gasteiger partial charge < -0.3 is 19.3 Å². The molecule has 1 aromatic carbocycles. The van der Waals surface area contributed by atoms with Gasteiger partial charge in [-0.3, -0.25) is 9.46 Å². The third-order valence-electron chi connectivity index (χ3n) is 3.74. The monoisotopic (exact) mass is 329 g/mol. The normalized spacial score (nSPS) is 19.6. The number of hydrogen-bond donors (Lipinski definition) is 2. The van der Waals surface area contributed by atoms with Crippen LogP contribution in [-0.4, -0.2) is 41.2 Å². The van der Waals surface area contributed by atoms with Crippen molar-refractivity contribution in [1.82, 2.24) is 4.90 Å². The van der Waals surface area contributed by atoms with Gasteiger partial charge in [0.25, 0.3) is 0 Å². The lowest BCUT2D eigenvalue weighted by molar-refractivity contribution is 0.190. The summed E-state index contributed by atoms with van der Waals surface area (Å²) in [5.74, 6) is 0.0830. The maximum absolute atomic E-state index is 12.7. The molecule has 2 N–H and O–H groups in total. The zero-order valence-electron chi connectivity index (χ0n) is 13.1. The molecule has 1 unspecified atom stereocenters. The van der Waals surface area contributed by atoms with Gasteiger partial charge in [-0.1, -0.05) is 6.07 Å². The Hall–Kier alpha value is -1.07. The molecule has 1 aliphatic heterocycles. The van der Waals surface area contributed by atoms with Gasteiger partial charge >= 0.3 is 7.60 Å². The highest BCUT2D eigenvalue weighted by molar-refractivity contribution is 7.53. The maximum atomic E-state index is 12.7. The van der Waals surface area contributed by atoms with Crippen molar-refractivity contribution in [2.75, 3.05) is 26.0 Å². The van der Waals surface area contributed by atoms with Crippen LogP contribution in [0.2, 0.25) is 0 Å². The molecule has 22 heavy (non-hydrogen) atoms. The van der Waals surface area contributed by atoms with Crippen LogP contribution < -0.4 is 0 Å². The van der Waals surface area contributed by atoms with Crippen LogP contribution in [0, 0.1) is 0 Å². The lowest BCUT2D eigenvalue weighted by Crippen LogP contribution is -2.25. The Balaban J connectivity index is 2.18. The van der Waals surface area contributed by atoms with Crippen molar-refractivity contribution in [3.63, 3.8) is 0 Å². The van der Waals surface area contributed by atoms with Gasteiger partial charge in [-0.05, 0) is 39.3 Å². The van der Waals surface area contributed by atoms with Crippen molar-refractivity contribution in [2.24, 2.45) is 0 Å². The zero-order valence-corrected chi connectivity index (χ0v) is 14.0. The topological polar surface area (TPSA) is 79.2 Å². The summed E-state index contributed by atoms with van der Waals surface area (Å²) in [6, 6.07) is 4.54. The highest BCUT2D eigenvalue weighted by Gasteiger charge is 2.35. The van der Waals surface area contributed by atoms with Crippen LogP contribution in [0.3, 0.4) is 0 Å². The quantitative estimate of drug-likeness (QED) is 0.746. The Labute approximate surface area is 131 Å². The lowest BCUT2D eigenvalue weighted by Gasteiger charge is -2.28. The molecule has 0 saturated carbocycles. The summed E-state index contributed by atoms with van der Waals surface area (Å²) in [4.78, 5) is 2.03. The molecular weight excluding hydrogens is 305 g/mol. The van der Waals surface area contributed by atoms with E-state index in [4.69, 9.17) is 9.05 Å². The number of phenols is 2. The standard InChI is InChI=1S/C15H24NO5P/c1-3-20-22(19,21-4-2)11-16-9-5-6-14(16)13-8-7-12(17)10-15(13)18/h7-8,10,14,17-18H,3-6,9,11H2,1-2H3. The summed E-state index contributed by atoms with van der Waals surface area (Å²) in [6.45, 7) is 5.02. The van der Waals surface area contributed by atoms with Crippen molar-refractivity contribution in [2.45, 2.75) is 32.7 Å². The smallest absolute Gasteiger partial charge is 0.344 e. The summed E-state index contributed by atoms with van der Waals surface area (Å²) >= 11 is 0. The summed E-state index contributed by atoms with van der Waals surface area (Å²) in [5, 5.41) is 19.5. The Bertz CT molecular complexity index is 541. The molecule has 1 aromatic rings. The molecule has 0 aliphatic carbocycles. The minimum absolute atomic E-state index is 0.0279. The Morgan fingerprint density at radius 1 is 1.27 bits per heavy atom. The molecule has 1 aliphatic rings. The molecule has 0 spiro atoms. The van der Waals surface area contributed by atoms with Gasteiger partial charge in [-0.2, -0.15) is 0 Å². The fraction of sp³-hybridized carbons (Fsp3) is 0.600. The number of aromatic hydroxyl groups is 2. The van der Waals surface area contributed by atoms with Crippen LogP contribution >= 0.6 is 7.60 Å². The van der Waals surface area contributed by atoms with E-state index in [0.717, 1.165) is 24.9 Å². The molecule has 1 atom stereocenters. The van der Waals surface area contributed by atoms with Gasteiger partial charge in [0.05, 0.1) is 13.2 Å². The van der Waals surface area contributed by atoms with Gasteiger partial charge in [0.15, 0.2) is 0 Å². The summed E-state index contributed by atoms with van der Waals surface area (Å²) in [6.07, 6.45) is 2.01. The second-order valence-corrected chi connectivity index (χ2v) is 7.32. The third kappa shape index (κ3) is 4.02. The molecule has 0 radical (unpaired) electrons. The van der Waals surface area contributed by atoms with E-state index >= 15 is 0 Å². The molecule has 0 aromatic heterocycles. The maximum Gasteiger partial charge on any atom is 0.344 e. The van der Waals surface area contributed by atoms with Crippen molar-refractivity contribution in [1.29, 1.82) is 0 Å². The first-order valence-electron chi connectivity index (χ1n) is 7.63. The van der Waals surface area contributed by atoms with Gasteiger partial charge in [0.2, 0.25) is 0 Å². The SMILES string of the molecule is CCOP(=O)(CN1CCCC1c1ccc(O)cc1O)OCC. The Morgan fingerprint density at radius 3 is 2.55 bits per heavy atom. The average Bonchev–Trinajstić information content (AvgIpc) is 2.86. The van der Waals surface area contributed by atoms with Gasteiger partial charge in [-0.15, -0.1) is 0 Å². The fourth-order valence-electron chi connectivity index (χ4n) is 2.90. The van der Waals surface area contributed by atoms with E-state index in [0.29, 0.717) is 13.2 Å². The number of likely N-dealkylation sites (tertiary alicyclic amines) is 1. The van der Waals surface area contributed by atoms with Gasteiger partial charge in [-0.25, -0.2) is 0 Å². The van der Waals surface area contributed by atoms with E-state index in [1.54, 1.807) is 26.0 Å². The number of nitrogens with zero attached hydrogens (tertiary/aromatic N) is 1. The van der Waals surface area contributed by atoms with Crippen LogP contribution in [0.5, 0.6) is 11.5 Å². The molecule has 1 fully saturated rings. The number of rotatable bonds is 7. The minimum atomic E-state index is -3.16.